The molecule has 1 aliphatic rings. The molecule has 0 saturated heterocycles. The maximum atomic E-state index is 3.71. The number of hydrogen-bond donors (Lipinski definition) is 1. The van der Waals surface area contributed by atoms with Crippen molar-refractivity contribution < 1.29 is 0 Å². The average molecular weight is 333 g/mol. The third kappa shape index (κ3) is 5.73. The second-order valence-corrected chi connectivity index (χ2v) is 5.97. The number of rotatable bonds is 3. The van der Waals surface area contributed by atoms with Crippen molar-refractivity contribution in [3.8, 4) is 0 Å². The summed E-state index contributed by atoms with van der Waals surface area (Å²) < 4.78 is 1.16. The van der Waals surface area contributed by atoms with E-state index >= 15 is 0 Å². The van der Waals surface area contributed by atoms with Gasteiger partial charge in [-0.2, -0.15) is 0 Å². The largest absolute Gasteiger partial charge is 0.310 e. The third-order valence-electron chi connectivity index (χ3n) is 3.61. The fourth-order valence-electron chi connectivity index (χ4n) is 2.52. The highest BCUT2D eigenvalue weighted by Gasteiger charge is 2.10. The van der Waals surface area contributed by atoms with Crippen LogP contribution in [0.5, 0.6) is 0 Å². The molecule has 1 saturated carbocycles. The van der Waals surface area contributed by atoms with Crippen molar-refractivity contribution in [3.05, 3.63) is 34.3 Å². The molecule has 0 bridgehead atoms. The van der Waals surface area contributed by atoms with Crippen LogP contribution >= 0.6 is 28.3 Å². The molecule has 1 N–H and O–H groups in total. The second-order valence-electron chi connectivity index (χ2n) is 5.05. The van der Waals surface area contributed by atoms with E-state index in [0.717, 1.165) is 17.1 Å². The average Bonchev–Trinajstić information content (AvgIpc) is 2.30. The summed E-state index contributed by atoms with van der Waals surface area (Å²) in [7, 11) is 0. The number of nitrogens with one attached hydrogen (secondary N) is 1. The number of benzene rings is 1. The van der Waals surface area contributed by atoms with Gasteiger partial charge >= 0.3 is 0 Å². The summed E-state index contributed by atoms with van der Waals surface area (Å²) in [6.45, 7) is 1.01. The molecule has 3 heteroatoms. The molecule has 0 amide bonds. The monoisotopic (exact) mass is 331 g/mol. The van der Waals surface area contributed by atoms with E-state index in [0.29, 0.717) is 0 Å². The first-order valence-corrected chi connectivity index (χ1v) is 7.62. The summed E-state index contributed by atoms with van der Waals surface area (Å²) in [5.41, 5.74) is 1.38. The van der Waals surface area contributed by atoms with Gasteiger partial charge < -0.3 is 5.32 Å². The molecule has 1 aromatic rings. The van der Waals surface area contributed by atoms with Gasteiger partial charge in [0.25, 0.3) is 0 Å². The van der Waals surface area contributed by atoms with Gasteiger partial charge in [-0.1, -0.05) is 60.2 Å². The van der Waals surface area contributed by atoms with Crippen LogP contribution in [0.15, 0.2) is 28.7 Å². The molecule has 0 spiro atoms. The van der Waals surface area contributed by atoms with Crippen molar-refractivity contribution in [2.45, 2.75) is 57.5 Å². The zero-order valence-corrected chi connectivity index (χ0v) is 13.2. The summed E-state index contributed by atoms with van der Waals surface area (Å²) in [5.74, 6) is 0. The number of halogens is 2. The van der Waals surface area contributed by atoms with Crippen molar-refractivity contribution in [3.63, 3.8) is 0 Å². The SMILES string of the molecule is Brc1ccc(CNC2CCCCCCC2)cc1.Cl. The molecule has 1 fully saturated rings. The summed E-state index contributed by atoms with van der Waals surface area (Å²) in [5, 5.41) is 3.71. The quantitative estimate of drug-likeness (QED) is 0.814. The Morgan fingerprint density at radius 1 is 0.944 bits per heavy atom. The van der Waals surface area contributed by atoms with Gasteiger partial charge in [0.1, 0.15) is 0 Å². The molecule has 0 radical (unpaired) electrons. The van der Waals surface area contributed by atoms with Crippen LogP contribution in [-0.2, 0) is 6.54 Å². The van der Waals surface area contributed by atoms with E-state index in [-0.39, 0.29) is 12.4 Å². The van der Waals surface area contributed by atoms with Gasteiger partial charge in [-0.25, -0.2) is 0 Å². The van der Waals surface area contributed by atoms with Gasteiger partial charge in [-0.3, -0.25) is 0 Å². The van der Waals surface area contributed by atoms with E-state index in [1.54, 1.807) is 0 Å². The minimum Gasteiger partial charge on any atom is -0.310 e. The van der Waals surface area contributed by atoms with Crippen LogP contribution in [0.3, 0.4) is 0 Å². The zero-order chi connectivity index (χ0) is 11.9. The molecule has 0 aliphatic heterocycles. The van der Waals surface area contributed by atoms with Gasteiger partial charge in [0.15, 0.2) is 0 Å². The maximum Gasteiger partial charge on any atom is 0.0208 e. The van der Waals surface area contributed by atoms with Crippen molar-refractivity contribution >= 4 is 28.3 Å². The summed E-state index contributed by atoms with van der Waals surface area (Å²) in [6, 6.07) is 9.36. The Morgan fingerprint density at radius 2 is 1.50 bits per heavy atom. The maximum absolute atomic E-state index is 3.71. The smallest absolute Gasteiger partial charge is 0.0208 e. The molecule has 1 nitrogen and oxygen atoms in total. The van der Waals surface area contributed by atoms with E-state index in [9.17, 15) is 0 Å². The molecule has 0 heterocycles. The number of hydrogen-bond acceptors (Lipinski definition) is 1. The molecular formula is C15H23BrClN. The first kappa shape index (κ1) is 16.0. The Labute approximate surface area is 125 Å². The van der Waals surface area contributed by atoms with Crippen LogP contribution in [0.1, 0.15) is 50.5 Å². The molecule has 0 aromatic heterocycles. The first-order chi connectivity index (χ1) is 8.34. The van der Waals surface area contributed by atoms with Crippen LogP contribution in [0, 0.1) is 0 Å². The van der Waals surface area contributed by atoms with E-state index < -0.39 is 0 Å². The highest BCUT2D eigenvalue weighted by molar-refractivity contribution is 9.10. The minimum absolute atomic E-state index is 0. The van der Waals surface area contributed by atoms with Crippen LogP contribution in [-0.4, -0.2) is 6.04 Å². The standard InChI is InChI=1S/C15H22BrN.ClH/c16-14-10-8-13(9-11-14)12-17-15-6-4-2-1-3-5-7-15;/h8-11,15,17H,1-7,12H2;1H. The topological polar surface area (TPSA) is 12.0 Å². The Morgan fingerprint density at radius 3 is 2.11 bits per heavy atom. The lowest BCUT2D eigenvalue weighted by Gasteiger charge is -2.21. The summed E-state index contributed by atoms with van der Waals surface area (Å²) in [6.07, 6.45) is 9.81. The second kappa shape index (κ2) is 8.95. The lowest BCUT2D eigenvalue weighted by Crippen LogP contribution is -2.29. The Kier molecular flexibility index (Phi) is 7.96. The zero-order valence-electron chi connectivity index (χ0n) is 10.8. The van der Waals surface area contributed by atoms with E-state index in [4.69, 9.17) is 0 Å². The minimum atomic E-state index is 0. The molecule has 18 heavy (non-hydrogen) atoms. The van der Waals surface area contributed by atoms with Gasteiger partial charge in [0.05, 0.1) is 0 Å². The Hall–Kier alpha value is -0.0500. The third-order valence-corrected chi connectivity index (χ3v) is 4.14. The molecule has 0 atom stereocenters. The highest BCUT2D eigenvalue weighted by atomic mass is 79.9. The van der Waals surface area contributed by atoms with Gasteiger partial charge in [0, 0.05) is 17.1 Å². The van der Waals surface area contributed by atoms with Gasteiger partial charge in [-0.15, -0.1) is 12.4 Å². The molecule has 1 aromatic carbocycles. The normalized spacial score (nSPS) is 17.6. The lowest BCUT2D eigenvalue weighted by atomic mass is 9.96. The van der Waals surface area contributed by atoms with Crippen LogP contribution in [0.4, 0.5) is 0 Å². The van der Waals surface area contributed by atoms with Gasteiger partial charge in [-0.05, 0) is 30.5 Å². The molecular weight excluding hydrogens is 310 g/mol. The van der Waals surface area contributed by atoms with Crippen molar-refractivity contribution in [2.75, 3.05) is 0 Å². The molecule has 1 aliphatic carbocycles. The first-order valence-electron chi connectivity index (χ1n) is 6.82. The summed E-state index contributed by atoms with van der Waals surface area (Å²) in [4.78, 5) is 0. The molecule has 0 unspecified atom stereocenters. The summed E-state index contributed by atoms with van der Waals surface area (Å²) >= 11 is 3.47. The fraction of sp³-hybridized carbons (Fsp3) is 0.600. The van der Waals surface area contributed by atoms with Crippen molar-refractivity contribution in [2.24, 2.45) is 0 Å². The predicted octanol–water partition coefficient (Wildman–Crippen LogP) is 5.07. The van der Waals surface area contributed by atoms with Crippen molar-refractivity contribution in [1.29, 1.82) is 0 Å². The van der Waals surface area contributed by atoms with Crippen molar-refractivity contribution in [1.82, 2.24) is 5.32 Å². The van der Waals surface area contributed by atoms with Crippen LogP contribution < -0.4 is 5.32 Å². The Balaban J connectivity index is 0.00000162. The predicted molar refractivity (Wildman–Crippen MR) is 84.3 cm³/mol. The van der Waals surface area contributed by atoms with E-state index in [1.807, 2.05) is 0 Å². The highest BCUT2D eigenvalue weighted by Crippen LogP contribution is 2.17. The molecule has 102 valence electrons. The Bertz CT molecular complexity index is 318. The van der Waals surface area contributed by atoms with E-state index in [2.05, 4.69) is 45.5 Å². The van der Waals surface area contributed by atoms with Crippen LogP contribution in [0.25, 0.3) is 0 Å². The van der Waals surface area contributed by atoms with Gasteiger partial charge in [0.2, 0.25) is 0 Å². The molecule has 2 rings (SSSR count). The van der Waals surface area contributed by atoms with Crippen LogP contribution in [0.2, 0.25) is 0 Å². The fourth-order valence-corrected chi connectivity index (χ4v) is 2.79. The van der Waals surface area contributed by atoms with E-state index in [1.165, 1.54) is 50.5 Å². The lowest BCUT2D eigenvalue weighted by molar-refractivity contribution is 0.389.